The van der Waals surface area contributed by atoms with Crippen LogP contribution in [-0.4, -0.2) is 9.52 Å². The summed E-state index contributed by atoms with van der Waals surface area (Å²) in [6.07, 6.45) is 0. The van der Waals surface area contributed by atoms with Gasteiger partial charge in [0, 0.05) is 0 Å². The zero-order chi connectivity index (χ0) is 21.1. The Morgan fingerprint density at radius 2 is 0.765 bits per heavy atom. The fourth-order valence-corrected chi connectivity index (χ4v) is 4.40. The molecule has 0 bridgehead atoms. The summed E-state index contributed by atoms with van der Waals surface area (Å²) in [5, 5.41) is 8.12. The Morgan fingerprint density at radius 1 is 0.412 bits per heavy atom. The third-order valence-electron chi connectivity index (χ3n) is 4.93. The van der Waals surface area contributed by atoms with Crippen LogP contribution in [0.2, 0.25) is 0 Å². The van der Waals surface area contributed by atoms with Gasteiger partial charge < -0.3 is 24.8 Å². The molecule has 0 saturated heterocycles. The molecule has 34 heavy (non-hydrogen) atoms. The van der Waals surface area contributed by atoms with Crippen LogP contribution in [0.25, 0.3) is 21.5 Å². The molecule has 6 aromatic rings. The van der Waals surface area contributed by atoms with Gasteiger partial charge in [-0.2, -0.15) is 35.0 Å². The molecule has 0 spiro atoms. The van der Waals surface area contributed by atoms with Crippen molar-refractivity contribution in [3.8, 4) is 0 Å². The minimum absolute atomic E-state index is 0. The van der Waals surface area contributed by atoms with Crippen LogP contribution in [0, 0.1) is 0 Å². The SMILES string of the molecule is [Cl-].[Cl-].[Zr+4].c1ccc([Si]c2ccccc2)cc1.c1ccc2[cH-]ccc2c1.c1ccc2[cH-]ccc2c1. The Morgan fingerprint density at radius 3 is 1.15 bits per heavy atom. The maximum Gasteiger partial charge on any atom is 4.00 e. The predicted octanol–water partition coefficient (Wildman–Crippen LogP) is 0.465. The second-order valence-corrected chi connectivity index (χ2v) is 8.57. The first-order chi connectivity index (χ1) is 15.4. The second kappa shape index (κ2) is 16.4. The van der Waals surface area contributed by atoms with E-state index < -0.39 is 0 Å². The molecule has 0 heterocycles. The smallest absolute Gasteiger partial charge is 1.00 e. The quantitative estimate of drug-likeness (QED) is 0.209. The summed E-state index contributed by atoms with van der Waals surface area (Å²) < 4.78 is 0. The van der Waals surface area contributed by atoms with E-state index >= 15 is 0 Å². The molecule has 0 saturated carbocycles. The monoisotopic (exact) mass is 572 g/mol. The maximum absolute atomic E-state index is 2.17. The molecule has 6 rings (SSSR count). The molecular formula is C30H24Cl2SiZr. The van der Waals surface area contributed by atoms with Gasteiger partial charge in [-0.25, -0.2) is 0 Å². The van der Waals surface area contributed by atoms with Gasteiger partial charge in [0.15, 0.2) is 0 Å². The van der Waals surface area contributed by atoms with E-state index in [1.165, 1.54) is 31.9 Å². The fourth-order valence-electron chi connectivity index (χ4n) is 3.35. The summed E-state index contributed by atoms with van der Waals surface area (Å²) in [4.78, 5) is 0. The number of halogens is 2. The van der Waals surface area contributed by atoms with E-state index in [2.05, 4.69) is 146 Å². The third kappa shape index (κ3) is 9.20. The molecule has 0 N–H and O–H groups in total. The van der Waals surface area contributed by atoms with Crippen molar-refractivity contribution >= 4 is 41.4 Å². The van der Waals surface area contributed by atoms with Crippen molar-refractivity contribution in [2.24, 2.45) is 0 Å². The van der Waals surface area contributed by atoms with Crippen molar-refractivity contribution in [2.45, 2.75) is 0 Å². The third-order valence-corrected chi connectivity index (χ3v) is 6.18. The first-order valence-electron chi connectivity index (χ1n) is 10.5. The molecule has 6 aromatic carbocycles. The summed E-state index contributed by atoms with van der Waals surface area (Å²) in [6.45, 7) is 0. The topological polar surface area (TPSA) is 0 Å². The number of hydrogen-bond acceptors (Lipinski definition) is 0. The van der Waals surface area contributed by atoms with Crippen LogP contribution < -0.4 is 35.2 Å². The first-order valence-corrected chi connectivity index (χ1v) is 11.5. The van der Waals surface area contributed by atoms with Crippen LogP contribution in [0.3, 0.4) is 0 Å². The van der Waals surface area contributed by atoms with Crippen LogP contribution in [-0.2, 0) is 26.2 Å². The Hall–Kier alpha value is -2.22. The molecule has 2 radical (unpaired) electrons. The van der Waals surface area contributed by atoms with Gasteiger partial charge in [-0.15, -0.1) is 59.3 Å². The molecule has 0 aliphatic rings. The molecule has 0 aliphatic carbocycles. The van der Waals surface area contributed by atoms with E-state index in [0.717, 1.165) is 9.52 Å². The number of hydrogen-bond donors (Lipinski definition) is 0. The normalized spacial score (nSPS) is 9.18. The van der Waals surface area contributed by atoms with Crippen LogP contribution >= 0.6 is 0 Å². The van der Waals surface area contributed by atoms with Crippen LogP contribution in [0.5, 0.6) is 0 Å². The van der Waals surface area contributed by atoms with Gasteiger partial charge in [0.25, 0.3) is 0 Å². The van der Waals surface area contributed by atoms with Crippen LogP contribution in [0.15, 0.2) is 146 Å². The van der Waals surface area contributed by atoms with Gasteiger partial charge in [0.1, 0.15) is 9.52 Å². The van der Waals surface area contributed by atoms with Crippen molar-refractivity contribution in [3.05, 3.63) is 146 Å². The van der Waals surface area contributed by atoms with E-state index in [0.29, 0.717) is 0 Å². The molecule has 4 heteroatoms. The second-order valence-electron chi connectivity index (χ2n) is 7.17. The molecule has 0 unspecified atom stereocenters. The Labute approximate surface area is 236 Å². The van der Waals surface area contributed by atoms with E-state index in [-0.39, 0.29) is 51.0 Å². The van der Waals surface area contributed by atoms with Gasteiger partial charge in [0.05, 0.1) is 0 Å². The van der Waals surface area contributed by atoms with Crippen molar-refractivity contribution in [1.29, 1.82) is 0 Å². The van der Waals surface area contributed by atoms with Gasteiger partial charge in [-0.05, 0) is 0 Å². The molecule has 0 fully saturated rings. The van der Waals surface area contributed by atoms with Gasteiger partial charge in [0.2, 0.25) is 0 Å². The summed E-state index contributed by atoms with van der Waals surface area (Å²) in [6, 6.07) is 50.5. The Bertz CT molecular complexity index is 1150. The molecular weight excluding hydrogens is 551 g/mol. The van der Waals surface area contributed by atoms with E-state index in [1.807, 2.05) is 0 Å². The predicted molar refractivity (Wildman–Crippen MR) is 137 cm³/mol. The van der Waals surface area contributed by atoms with E-state index in [9.17, 15) is 0 Å². The van der Waals surface area contributed by atoms with Crippen molar-refractivity contribution in [1.82, 2.24) is 0 Å². The summed E-state index contributed by atoms with van der Waals surface area (Å²) in [5.74, 6) is 0. The average Bonchev–Trinajstić information content (AvgIpc) is 3.51. The van der Waals surface area contributed by atoms with Gasteiger partial charge in [-0.3, -0.25) is 0 Å². The molecule has 0 aromatic heterocycles. The molecule has 0 atom stereocenters. The number of rotatable bonds is 2. The van der Waals surface area contributed by atoms with Crippen LogP contribution in [0.4, 0.5) is 0 Å². The standard InChI is InChI=1S/C12H10Si.2C9H7.2ClH.Zr/c1-3-7-11(8-4-1)13-12-9-5-2-6-10-12;2*1-2-5-9-7-3-6-8(9)4-1;;;/h1-10H;2*1-7H;2*1H;/q;2*-1;;;+4/p-2. The molecule has 0 amide bonds. The van der Waals surface area contributed by atoms with Gasteiger partial charge >= 0.3 is 26.2 Å². The maximum atomic E-state index is 2.17. The van der Waals surface area contributed by atoms with Gasteiger partial charge in [-0.1, -0.05) is 83.2 Å². The minimum Gasteiger partial charge on any atom is -1.00 e. The molecule has 0 aliphatic heterocycles. The Kier molecular flexibility index (Phi) is 14.4. The van der Waals surface area contributed by atoms with Crippen LogP contribution in [0.1, 0.15) is 0 Å². The molecule has 166 valence electrons. The number of fused-ring (bicyclic) bond motifs is 2. The zero-order valence-electron chi connectivity index (χ0n) is 18.6. The van der Waals surface area contributed by atoms with E-state index in [1.54, 1.807) is 0 Å². The fraction of sp³-hybridized carbons (Fsp3) is 0. The summed E-state index contributed by atoms with van der Waals surface area (Å²) in [5.41, 5.74) is 0. The van der Waals surface area contributed by atoms with E-state index in [4.69, 9.17) is 0 Å². The molecule has 0 nitrogen and oxygen atoms in total. The first kappa shape index (κ1) is 29.8. The number of benzene rings is 4. The van der Waals surface area contributed by atoms with Crippen molar-refractivity contribution < 1.29 is 51.0 Å². The Balaban J connectivity index is 0.000000249. The summed E-state index contributed by atoms with van der Waals surface area (Å²) in [7, 11) is 0.777. The largest absolute Gasteiger partial charge is 4.00 e. The average molecular weight is 575 g/mol. The zero-order valence-corrected chi connectivity index (χ0v) is 23.6. The minimum atomic E-state index is 0. The van der Waals surface area contributed by atoms with Crippen molar-refractivity contribution in [2.75, 3.05) is 0 Å². The summed E-state index contributed by atoms with van der Waals surface area (Å²) >= 11 is 0. The van der Waals surface area contributed by atoms with Crippen molar-refractivity contribution in [3.63, 3.8) is 0 Å².